The van der Waals surface area contributed by atoms with Crippen molar-refractivity contribution < 1.29 is 4.79 Å². The van der Waals surface area contributed by atoms with Crippen molar-refractivity contribution in [1.29, 1.82) is 0 Å². The van der Waals surface area contributed by atoms with Gasteiger partial charge in [0.2, 0.25) is 11.1 Å². The van der Waals surface area contributed by atoms with Gasteiger partial charge in [-0.25, -0.2) is 4.98 Å². The molecule has 1 saturated carbocycles. The molecule has 5 nitrogen and oxygen atoms in total. The number of carbonyl (C=O) groups is 1. The number of hydrogen-bond acceptors (Lipinski definition) is 5. The number of amides is 1. The third kappa shape index (κ3) is 3.40. The van der Waals surface area contributed by atoms with E-state index >= 15 is 0 Å². The number of thioether (sulfide) groups is 1. The van der Waals surface area contributed by atoms with E-state index in [2.05, 4.69) is 33.5 Å². The summed E-state index contributed by atoms with van der Waals surface area (Å²) in [4.78, 5) is 17.4. The SMILES string of the molecule is Cc1ccsc1CNC(=O)CSc1n[nH]c(C2CC2)n1. The zero-order chi connectivity index (χ0) is 13.9. The van der Waals surface area contributed by atoms with Crippen LogP contribution in [0.1, 0.15) is 35.0 Å². The Kier molecular flexibility index (Phi) is 4.07. The zero-order valence-corrected chi connectivity index (χ0v) is 12.8. The first-order valence-electron chi connectivity index (χ1n) is 6.57. The van der Waals surface area contributed by atoms with E-state index in [0.29, 0.717) is 23.4 Å². The maximum atomic E-state index is 11.8. The Morgan fingerprint density at radius 3 is 3.15 bits per heavy atom. The van der Waals surface area contributed by atoms with Gasteiger partial charge >= 0.3 is 0 Å². The molecular weight excluding hydrogens is 292 g/mol. The zero-order valence-electron chi connectivity index (χ0n) is 11.2. The molecule has 20 heavy (non-hydrogen) atoms. The average molecular weight is 308 g/mol. The van der Waals surface area contributed by atoms with Crippen molar-refractivity contribution in [3.8, 4) is 0 Å². The number of aromatic nitrogens is 3. The lowest BCUT2D eigenvalue weighted by Crippen LogP contribution is -2.24. The highest BCUT2D eigenvalue weighted by molar-refractivity contribution is 7.99. The lowest BCUT2D eigenvalue weighted by Gasteiger charge is -2.03. The highest BCUT2D eigenvalue weighted by atomic mass is 32.2. The van der Waals surface area contributed by atoms with Crippen LogP contribution < -0.4 is 5.32 Å². The molecule has 0 aromatic carbocycles. The minimum absolute atomic E-state index is 0.0144. The first-order chi connectivity index (χ1) is 9.72. The van der Waals surface area contributed by atoms with E-state index < -0.39 is 0 Å². The third-order valence-corrected chi connectivity index (χ3v) is 5.06. The van der Waals surface area contributed by atoms with Crippen LogP contribution in [0.4, 0.5) is 0 Å². The van der Waals surface area contributed by atoms with Gasteiger partial charge in [-0.1, -0.05) is 11.8 Å². The van der Waals surface area contributed by atoms with Gasteiger partial charge in [0.15, 0.2) is 0 Å². The van der Waals surface area contributed by atoms with Crippen molar-refractivity contribution in [2.45, 2.75) is 37.4 Å². The Labute approximate surface area is 125 Å². The monoisotopic (exact) mass is 308 g/mol. The smallest absolute Gasteiger partial charge is 0.230 e. The Hall–Kier alpha value is -1.34. The largest absolute Gasteiger partial charge is 0.350 e. The highest BCUT2D eigenvalue weighted by Gasteiger charge is 2.27. The van der Waals surface area contributed by atoms with Gasteiger partial charge in [-0.3, -0.25) is 9.89 Å². The van der Waals surface area contributed by atoms with Crippen LogP contribution in [-0.4, -0.2) is 26.8 Å². The van der Waals surface area contributed by atoms with Crippen LogP contribution in [0.5, 0.6) is 0 Å². The first-order valence-corrected chi connectivity index (χ1v) is 8.43. The molecule has 0 bridgehead atoms. The second-order valence-corrected chi connectivity index (χ2v) is 6.81. The Morgan fingerprint density at radius 2 is 2.45 bits per heavy atom. The number of nitrogens with one attached hydrogen (secondary N) is 2. The van der Waals surface area contributed by atoms with Crippen LogP contribution in [0, 0.1) is 6.92 Å². The minimum Gasteiger partial charge on any atom is -0.350 e. The second kappa shape index (κ2) is 5.97. The van der Waals surface area contributed by atoms with Gasteiger partial charge in [0.05, 0.1) is 12.3 Å². The van der Waals surface area contributed by atoms with E-state index in [1.165, 1.54) is 35.0 Å². The van der Waals surface area contributed by atoms with Crippen molar-refractivity contribution >= 4 is 29.0 Å². The van der Waals surface area contributed by atoms with Crippen LogP contribution >= 0.6 is 23.1 Å². The molecule has 1 amide bonds. The summed E-state index contributed by atoms with van der Waals surface area (Å²) >= 11 is 3.04. The summed E-state index contributed by atoms with van der Waals surface area (Å²) in [7, 11) is 0. The first kappa shape index (κ1) is 13.6. The van der Waals surface area contributed by atoms with Crippen LogP contribution in [0.25, 0.3) is 0 Å². The molecule has 0 aliphatic heterocycles. The Morgan fingerprint density at radius 1 is 1.60 bits per heavy atom. The molecule has 1 aliphatic carbocycles. The summed E-state index contributed by atoms with van der Waals surface area (Å²) in [6.07, 6.45) is 2.39. The van der Waals surface area contributed by atoms with Gasteiger partial charge in [-0.05, 0) is 36.8 Å². The standard InChI is InChI=1S/C13H16N4OS2/c1-8-4-5-19-10(8)6-14-11(18)7-20-13-15-12(16-17-13)9-2-3-9/h4-5,9H,2-3,6-7H2,1H3,(H,14,18)(H,15,16,17). The average Bonchev–Trinajstić information content (AvgIpc) is 3.04. The van der Waals surface area contributed by atoms with Crippen LogP contribution in [0.3, 0.4) is 0 Å². The van der Waals surface area contributed by atoms with Crippen LogP contribution in [-0.2, 0) is 11.3 Å². The number of carbonyl (C=O) groups excluding carboxylic acids is 1. The van der Waals surface area contributed by atoms with E-state index in [0.717, 1.165) is 5.82 Å². The summed E-state index contributed by atoms with van der Waals surface area (Å²) in [5.74, 6) is 1.89. The predicted octanol–water partition coefficient (Wildman–Crippen LogP) is 2.46. The summed E-state index contributed by atoms with van der Waals surface area (Å²) in [5, 5.41) is 12.7. The normalized spacial score (nSPS) is 14.4. The van der Waals surface area contributed by atoms with Crippen LogP contribution in [0.2, 0.25) is 0 Å². The van der Waals surface area contributed by atoms with E-state index in [4.69, 9.17) is 0 Å². The molecule has 0 spiro atoms. The molecule has 0 saturated heterocycles. The van der Waals surface area contributed by atoms with Gasteiger partial charge in [-0.2, -0.15) is 0 Å². The highest BCUT2D eigenvalue weighted by Crippen LogP contribution is 2.38. The number of H-pyrrole nitrogens is 1. The predicted molar refractivity (Wildman–Crippen MR) is 80.0 cm³/mol. The topological polar surface area (TPSA) is 70.7 Å². The van der Waals surface area contributed by atoms with Crippen LogP contribution in [0.15, 0.2) is 16.6 Å². The summed E-state index contributed by atoms with van der Waals surface area (Å²) in [6.45, 7) is 2.66. The van der Waals surface area contributed by atoms with Gasteiger partial charge in [0.1, 0.15) is 5.82 Å². The molecule has 7 heteroatoms. The van der Waals surface area contributed by atoms with Gasteiger partial charge in [0.25, 0.3) is 0 Å². The molecule has 2 N–H and O–H groups in total. The Bertz CT molecular complexity index is 603. The minimum atomic E-state index is 0.0144. The fourth-order valence-corrected chi connectivity index (χ4v) is 3.29. The van der Waals surface area contributed by atoms with E-state index in [1.54, 1.807) is 11.3 Å². The van der Waals surface area contributed by atoms with E-state index in [1.807, 2.05) is 5.38 Å². The fraction of sp³-hybridized carbons (Fsp3) is 0.462. The summed E-state index contributed by atoms with van der Waals surface area (Å²) in [5.41, 5.74) is 1.23. The maximum absolute atomic E-state index is 11.8. The molecule has 0 unspecified atom stereocenters. The molecule has 2 aromatic rings. The summed E-state index contributed by atoms with van der Waals surface area (Å²) in [6, 6.07) is 2.06. The number of rotatable bonds is 6. The third-order valence-electron chi connectivity index (χ3n) is 3.19. The fourth-order valence-electron chi connectivity index (χ4n) is 1.81. The lowest BCUT2D eigenvalue weighted by molar-refractivity contribution is -0.118. The second-order valence-electron chi connectivity index (χ2n) is 4.87. The van der Waals surface area contributed by atoms with Crippen molar-refractivity contribution in [2.75, 3.05) is 5.75 Å². The molecule has 0 atom stereocenters. The number of aryl methyl sites for hydroxylation is 1. The number of hydrogen-bond donors (Lipinski definition) is 2. The molecule has 1 aliphatic rings. The van der Waals surface area contributed by atoms with Crippen molar-refractivity contribution in [3.63, 3.8) is 0 Å². The van der Waals surface area contributed by atoms with Gasteiger partial charge in [0, 0.05) is 10.8 Å². The van der Waals surface area contributed by atoms with Crippen molar-refractivity contribution in [1.82, 2.24) is 20.5 Å². The number of nitrogens with zero attached hydrogens (tertiary/aromatic N) is 2. The van der Waals surface area contributed by atoms with Gasteiger partial charge < -0.3 is 5.32 Å². The molecule has 0 radical (unpaired) electrons. The molecule has 1 fully saturated rings. The lowest BCUT2D eigenvalue weighted by atomic mass is 10.3. The molecule has 2 aromatic heterocycles. The number of thiophene rings is 1. The quantitative estimate of drug-likeness (QED) is 0.804. The molecule has 3 rings (SSSR count). The Balaban J connectivity index is 1.43. The molecular formula is C13H16N4OS2. The van der Waals surface area contributed by atoms with Crippen molar-refractivity contribution in [3.05, 3.63) is 27.7 Å². The number of aromatic amines is 1. The van der Waals surface area contributed by atoms with Gasteiger partial charge in [-0.15, -0.1) is 16.4 Å². The van der Waals surface area contributed by atoms with E-state index in [9.17, 15) is 4.79 Å². The van der Waals surface area contributed by atoms with E-state index in [-0.39, 0.29) is 5.91 Å². The molecule has 106 valence electrons. The van der Waals surface area contributed by atoms with Crippen molar-refractivity contribution in [2.24, 2.45) is 0 Å². The molecule has 2 heterocycles. The summed E-state index contributed by atoms with van der Waals surface area (Å²) < 4.78 is 0. The maximum Gasteiger partial charge on any atom is 0.230 e.